The molecular weight excluding hydrogens is 448 g/mol. The molecule has 0 saturated heterocycles. The van der Waals surface area contributed by atoms with Gasteiger partial charge in [-0.1, -0.05) is 25.4 Å². The highest BCUT2D eigenvalue weighted by Crippen LogP contribution is 2.36. The van der Waals surface area contributed by atoms with Gasteiger partial charge in [-0.15, -0.1) is 11.8 Å². The first kappa shape index (κ1) is 24.2. The number of carbonyl (C=O) groups excluding carboxylic acids is 1. The lowest BCUT2D eigenvalue weighted by Crippen LogP contribution is -2.41. The molecule has 0 bridgehead atoms. The lowest BCUT2D eigenvalue weighted by atomic mass is 10.1. The Morgan fingerprint density at radius 3 is 2.30 bits per heavy atom. The average molecular weight is 467 g/mol. The van der Waals surface area contributed by atoms with E-state index in [1.165, 1.54) is 6.92 Å². The molecule has 0 fully saturated rings. The second-order valence-corrected chi connectivity index (χ2v) is 8.78. The van der Waals surface area contributed by atoms with E-state index in [0.717, 1.165) is 30.9 Å². The first-order valence-corrected chi connectivity index (χ1v) is 10.1. The van der Waals surface area contributed by atoms with Gasteiger partial charge in [0.15, 0.2) is 0 Å². The van der Waals surface area contributed by atoms with Crippen molar-refractivity contribution in [2.24, 2.45) is 13.0 Å². The number of hydrogen-bond acceptors (Lipinski definition) is 4. The van der Waals surface area contributed by atoms with Crippen molar-refractivity contribution in [1.82, 2.24) is 9.13 Å². The molecule has 0 amide bonds. The smallest absolute Gasteiger partial charge is 0.299 e. The monoisotopic (exact) mass is 466 g/mol. The Kier molecular flexibility index (Phi) is 7.24. The van der Waals surface area contributed by atoms with Crippen LogP contribution in [0.5, 0.6) is 0 Å². The molecule has 30 heavy (non-hydrogen) atoms. The van der Waals surface area contributed by atoms with Gasteiger partial charge in [-0.3, -0.25) is 14.2 Å². The van der Waals surface area contributed by atoms with Crippen molar-refractivity contribution < 1.29 is 22.4 Å². The van der Waals surface area contributed by atoms with E-state index in [2.05, 4.69) is 0 Å². The summed E-state index contributed by atoms with van der Waals surface area (Å²) in [5.74, 6) is -1.03. The number of ketones is 1. The summed E-state index contributed by atoms with van der Waals surface area (Å²) < 4.78 is 54.2. The van der Waals surface area contributed by atoms with E-state index in [0.29, 0.717) is 11.0 Å². The fourth-order valence-electron chi connectivity index (χ4n) is 2.78. The van der Waals surface area contributed by atoms with Crippen LogP contribution in [-0.2, 0) is 18.0 Å². The third-order valence-electron chi connectivity index (χ3n) is 4.26. The molecule has 1 aromatic heterocycles. The number of Topliss-reactive ketones (excluding diaryl/α,β-unsaturated/α-hetero) is 1. The highest BCUT2D eigenvalue weighted by Gasteiger charge is 2.35. The number of halogens is 5. The van der Waals surface area contributed by atoms with E-state index in [1.807, 2.05) is 13.8 Å². The van der Waals surface area contributed by atoms with Crippen molar-refractivity contribution in [3.05, 3.63) is 55.6 Å². The molecule has 0 aliphatic rings. The summed E-state index contributed by atoms with van der Waals surface area (Å²) >= 11 is 7.12. The highest BCUT2D eigenvalue weighted by molar-refractivity contribution is 8.00. The van der Waals surface area contributed by atoms with Gasteiger partial charge in [0.1, 0.15) is 17.3 Å². The minimum atomic E-state index is -4.93. The van der Waals surface area contributed by atoms with Crippen LogP contribution in [0.25, 0.3) is 5.69 Å². The van der Waals surface area contributed by atoms with E-state index in [-0.39, 0.29) is 32.3 Å². The van der Waals surface area contributed by atoms with Crippen LogP contribution in [0.1, 0.15) is 32.9 Å². The largest absolute Gasteiger partial charge is 0.431 e. The Hall–Kier alpha value is -2.07. The van der Waals surface area contributed by atoms with Gasteiger partial charge < -0.3 is 0 Å². The van der Waals surface area contributed by atoms with Crippen molar-refractivity contribution in [3.63, 3.8) is 0 Å². The number of carbonyl (C=O) groups is 1. The summed E-state index contributed by atoms with van der Waals surface area (Å²) in [7, 11) is 0.832. The van der Waals surface area contributed by atoms with Crippen molar-refractivity contribution in [3.8, 4) is 5.69 Å². The molecule has 2 aromatic rings. The number of alkyl halides is 3. The maximum atomic E-state index is 14.6. The zero-order valence-electron chi connectivity index (χ0n) is 16.5. The predicted octanol–water partition coefficient (Wildman–Crippen LogP) is 4.44. The lowest BCUT2D eigenvalue weighted by molar-refractivity contribution is -0.144. The molecule has 164 valence electrons. The average Bonchev–Trinajstić information content (AvgIpc) is 2.59. The van der Waals surface area contributed by atoms with E-state index in [4.69, 9.17) is 11.6 Å². The van der Waals surface area contributed by atoms with Crippen LogP contribution in [0.4, 0.5) is 17.6 Å². The standard InChI is InChI=1S/C19H19ClF4N2O3S/c1-9(2)5-14(10(3)27)30-15-7-13(12(21)6-11(15)20)26-17(28)8-16(19(22,23)24)25(4)18(26)29/h6-9,14H,5H2,1-4H3. The van der Waals surface area contributed by atoms with Gasteiger partial charge in [0.05, 0.1) is 16.0 Å². The van der Waals surface area contributed by atoms with Crippen molar-refractivity contribution in [1.29, 1.82) is 0 Å². The number of rotatable bonds is 6. The Balaban J connectivity index is 2.66. The molecular formula is C19H19ClF4N2O3S. The van der Waals surface area contributed by atoms with Gasteiger partial charge in [-0.2, -0.15) is 13.2 Å². The van der Waals surface area contributed by atoms with Gasteiger partial charge in [0.25, 0.3) is 5.56 Å². The molecule has 0 aliphatic heterocycles. The molecule has 0 radical (unpaired) electrons. The maximum Gasteiger partial charge on any atom is 0.431 e. The summed E-state index contributed by atoms with van der Waals surface area (Å²) in [6.07, 6.45) is -4.43. The molecule has 0 saturated carbocycles. The zero-order chi connectivity index (χ0) is 23.0. The van der Waals surface area contributed by atoms with E-state index >= 15 is 0 Å². The van der Waals surface area contributed by atoms with Crippen LogP contribution in [0, 0.1) is 11.7 Å². The van der Waals surface area contributed by atoms with E-state index in [9.17, 15) is 31.9 Å². The number of aromatic nitrogens is 2. The number of hydrogen-bond donors (Lipinski definition) is 0. The topological polar surface area (TPSA) is 61.1 Å². The zero-order valence-corrected chi connectivity index (χ0v) is 18.1. The molecule has 1 heterocycles. The van der Waals surface area contributed by atoms with E-state index in [1.54, 1.807) is 0 Å². The molecule has 5 nitrogen and oxygen atoms in total. The van der Waals surface area contributed by atoms with Gasteiger partial charge in [0.2, 0.25) is 0 Å². The fraction of sp³-hybridized carbons (Fsp3) is 0.421. The van der Waals surface area contributed by atoms with Crippen LogP contribution < -0.4 is 11.2 Å². The van der Waals surface area contributed by atoms with Gasteiger partial charge in [-0.25, -0.2) is 13.8 Å². The first-order chi connectivity index (χ1) is 13.7. The van der Waals surface area contributed by atoms with Crippen LogP contribution in [0.15, 0.2) is 32.7 Å². The third-order valence-corrected chi connectivity index (χ3v) is 6.09. The maximum absolute atomic E-state index is 14.6. The summed E-state index contributed by atoms with van der Waals surface area (Å²) in [5.41, 5.74) is -4.70. The minimum Gasteiger partial charge on any atom is -0.299 e. The molecule has 11 heteroatoms. The van der Waals surface area contributed by atoms with Crippen molar-refractivity contribution in [2.45, 2.75) is 43.5 Å². The summed E-state index contributed by atoms with van der Waals surface area (Å²) in [4.78, 5) is 36.9. The molecule has 0 aliphatic carbocycles. The summed E-state index contributed by atoms with van der Waals surface area (Å²) in [6.45, 7) is 5.23. The Bertz CT molecular complexity index is 1090. The summed E-state index contributed by atoms with van der Waals surface area (Å²) in [5, 5.41) is -0.555. The molecule has 1 atom stereocenters. The second-order valence-electron chi connectivity index (χ2n) is 7.12. The third kappa shape index (κ3) is 5.15. The quantitative estimate of drug-likeness (QED) is 0.466. The van der Waals surface area contributed by atoms with Crippen LogP contribution >= 0.6 is 23.4 Å². The molecule has 0 N–H and O–H groups in total. The van der Waals surface area contributed by atoms with Gasteiger partial charge >= 0.3 is 11.9 Å². The van der Waals surface area contributed by atoms with Gasteiger partial charge in [0, 0.05) is 18.0 Å². The summed E-state index contributed by atoms with van der Waals surface area (Å²) in [6, 6.07) is 2.17. The Labute approximate surface area is 178 Å². The minimum absolute atomic E-state index is 0.0481. The van der Waals surface area contributed by atoms with Crippen LogP contribution in [0.2, 0.25) is 5.02 Å². The molecule has 1 aromatic carbocycles. The van der Waals surface area contributed by atoms with Crippen molar-refractivity contribution >= 4 is 29.1 Å². The van der Waals surface area contributed by atoms with E-state index < -0.39 is 39.9 Å². The Morgan fingerprint density at radius 1 is 1.20 bits per heavy atom. The lowest BCUT2D eigenvalue weighted by Gasteiger charge is -2.18. The molecule has 2 rings (SSSR count). The first-order valence-electron chi connectivity index (χ1n) is 8.80. The number of thioether (sulfide) groups is 1. The number of benzene rings is 1. The van der Waals surface area contributed by atoms with Crippen LogP contribution in [0.3, 0.4) is 0 Å². The number of nitrogens with zero attached hydrogens (tertiary/aromatic N) is 2. The normalized spacial score (nSPS) is 13.0. The molecule has 1 unspecified atom stereocenters. The second kappa shape index (κ2) is 8.97. The van der Waals surface area contributed by atoms with Gasteiger partial charge in [-0.05, 0) is 31.4 Å². The molecule has 0 spiro atoms. The van der Waals surface area contributed by atoms with Crippen molar-refractivity contribution in [2.75, 3.05) is 0 Å². The highest BCUT2D eigenvalue weighted by atomic mass is 35.5. The Morgan fingerprint density at radius 2 is 1.80 bits per heavy atom. The SMILES string of the molecule is CC(=O)C(CC(C)C)Sc1cc(-n2c(=O)cc(C(F)(F)F)n(C)c2=O)c(F)cc1Cl. The fourth-order valence-corrected chi connectivity index (χ4v) is 4.37. The predicted molar refractivity (Wildman–Crippen MR) is 107 cm³/mol. The van der Waals surface area contributed by atoms with Crippen LogP contribution in [-0.4, -0.2) is 20.2 Å².